The predicted molar refractivity (Wildman–Crippen MR) is 51.1 cm³/mol. The van der Waals surface area contributed by atoms with Gasteiger partial charge in [0.1, 0.15) is 6.61 Å². The van der Waals surface area contributed by atoms with Gasteiger partial charge < -0.3 is 4.74 Å². The summed E-state index contributed by atoms with van der Waals surface area (Å²) in [5.41, 5.74) is 0. The van der Waals surface area contributed by atoms with Gasteiger partial charge in [-0.05, 0) is 22.0 Å². The van der Waals surface area contributed by atoms with Crippen molar-refractivity contribution in [2.75, 3.05) is 6.61 Å². The number of thiocarbonyl (C=S) groups is 1. The summed E-state index contributed by atoms with van der Waals surface area (Å²) in [7, 11) is 0. The highest BCUT2D eigenvalue weighted by Crippen LogP contribution is 2.11. The molecule has 0 atom stereocenters. The lowest BCUT2D eigenvalue weighted by atomic mass is 10.5. The molecule has 0 aliphatic heterocycles. The van der Waals surface area contributed by atoms with E-state index in [2.05, 4.69) is 33.1 Å². The van der Waals surface area contributed by atoms with Crippen LogP contribution < -0.4 is 4.74 Å². The van der Waals surface area contributed by atoms with E-state index in [0.717, 1.165) is 4.47 Å². The largest absolute Gasteiger partial charge is 0.473 e. The lowest BCUT2D eigenvalue weighted by Gasteiger charge is -1.99. The number of pyridine rings is 1. The lowest BCUT2D eigenvalue weighted by molar-refractivity contribution is 0.366. The van der Waals surface area contributed by atoms with Crippen LogP contribution in [0, 0.1) is 0 Å². The molecule has 1 aromatic rings. The summed E-state index contributed by atoms with van der Waals surface area (Å²) >= 11 is 7.86. The maximum Gasteiger partial charge on any atom is 0.213 e. The van der Waals surface area contributed by atoms with Gasteiger partial charge in [0.2, 0.25) is 5.88 Å². The molecule has 0 unspecified atom stereocenters. The third kappa shape index (κ3) is 2.95. The number of hydrogen-bond donors (Lipinski definition) is 0. The van der Waals surface area contributed by atoms with E-state index in [1.807, 2.05) is 6.07 Å². The van der Waals surface area contributed by atoms with Crippen LogP contribution >= 0.6 is 28.1 Å². The molecule has 0 bridgehead atoms. The van der Waals surface area contributed by atoms with Crippen LogP contribution in [-0.4, -0.2) is 17.0 Å². The van der Waals surface area contributed by atoms with Crippen LogP contribution in [0.5, 0.6) is 5.88 Å². The first kappa shape index (κ1) is 8.62. The number of aromatic nitrogens is 1. The number of hydrogen-bond acceptors (Lipinski definition) is 3. The van der Waals surface area contributed by atoms with Gasteiger partial charge in [0.15, 0.2) is 0 Å². The van der Waals surface area contributed by atoms with Gasteiger partial charge in [-0.25, -0.2) is 4.98 Å². The fourth-order valence-corrected chi connectivity index (χ4v) is 0.870. The van der Waals surface area contributed by atoms with Crippen LogP contribution in [0.2, 0.25) is 0 Å². The molecule has 1 rings (SSSR count). The Morgan fingerprint density at radius 1 is 1.64 bits per heavy atom. The molecular weight excluding hydrogens is 226 g/mol. The van der Waals surface area contributed by atoms with E-state index in [-0.39, 0.29) is 0 Å². The van der Waals surface area contributed by atoms with Crippen LogP contribution in [0.3, 0.4) is 0 Å². The molecule has 0 radical (unpaired) electrons. The van der Waals surface area contributed by atoms with E-state index in [4.69, 9.17) is 4.74 Å². The summed E-state index contributed by atoms with van der Waals surface area (Å²) in [5, 5.41) is 1.52. The van der Waals surface area contributed by atoms with Gasteiger partial charge >= 0.3 is 0 Å². The molecule has 58 valence electrons. The highest BCUT2D eigenvalue weighted by atomic mass is 79.9. The molecule has 0 saturated carbocycles. The molecule has 0 saturated heterocycles. The van der Waals surface area contributed by atoms with Gasteiger partial charge in [0, 0.05) is 22.1 Å². The Balaban J connectivity index is 2.58. The molecule has 4 heteroatoms. The number of halogens is 1. The normalized spacial score (nSPS) is 9.18. The molecule has 0 spiro atoms. The fourth-order valence-electron chi connectivity index (χ4n) is 0.567. The van der Waals surface area contributed by atoms with Gasteiger partial charge in [-0.2, -0.15) is 0 Å². The minimum Gasteiger partial charge on any atom is -0.473 e. The monoisotopic (exact) mass is 231 g/mol. The summed E-state index contributed by atoms with van der Waals surface area (Å²) in [6.07, 6.45) is 1.68. The second-order valence-electron chi connectivity index (χ2n) is 1.79. The number of nitrogens with zero attached hydrogens (tertiary/aromatic N) is 1. The SMILES string of the molecule is S=CCOc1ccc(Br)cn1. The summed E-state index contributed by atoms with van der Waals surface area (Å²) in [5.74, 6) is 0.592. The zero-order chi connectivity index (χ0) is 8.10. The number of ether oxygens (including phenoxy) is 1. The van der Waals surface area contributed by atoms with Crippen molar-refractivity contribution in [3.63, 3.8) is 0 Å². The molecule has 0 amide bonds. The predicted octanol–water partition coefficient (Wildman–Crippen LogP) is 2.22. The summed E-state index contributed by atoms with van der Waals surface area (Å²) in [4.78, 5) is 3.98. The molecule has 2 nitrogen and oxygen atoms in total. The maximum absolute atomic E-state index is 5.12. The van der Waals surface area contributed by atoms with Crippen molar-refractivity contribution in [3.8, 4) is 5.88 Å². The van der Waals surface area contributed by atoms with Gasteiger partial charge in [0.25, 0.3) is 0 Å². The Kier molecular flexibility index (Phi) is 3.45. The van der Waals surface area contributed by atoms with E-state index >= 15 is 0 Å². The molecule has 1 aromatic heterocycles. The zero-order valence-electron chi connectivity index (χ0n) is 5.66. The molecule has 0 N–H and O–H groups in total. The van der Waals surface area contributed by atoms with Gasteiger partial charge in [-0.15, -0.1) is 0 Å². The molecule has 1 heterocycles. The third-order valence-corrected chi connectivity index (χ3v) is 1.60. The molecular formula is C7H6BrNOS. The van der Waals surface area contributed by atoms with Gasteiger partial charge in [-0.3, -0.25) is 0 Å². The zero-order valence-corrected chi connectivity index (χ0v) is 8.06. The quantitative estimate of drug-likeness (QED) is 0.746. The van der Waals surface area contributed by atoms with Crippen molar-refractivity contribution in [2.24, 2.45) is 0 Å². The molecule has 0 aliphatic rings. The molecule has 11 heavy (non-hydrogen) atoms. The van der Waals surface area contributed by atoms with Crippen LogP contribution in [0.15, 0.2) is 22.8 Å². The standard InChI is InChI=1S/C7H6BrNOS/c8-6-1-2-7(9-5-6)10-3-4-11/h1-2,4-5H,3H2. The second kappa shape index (κ2) is 4.41. The van der Waals surface area contributed by atoms with Crippen LogP contribution in [0.4, 0.5) is 0 Å². The second-order valence-corrected chi connectivity index (χ2v) is 3.04. The highest BCUT2D eigenvalue weighted by Gasteiger charge is 1.91. The van der Waals surface area contributed by atoms with Gasteiger partial charge in [-0.1, -0.05) is 12.2 Å². The van der Waals surface area contributed by atoms with Gasteiger partial charge in [0.05, 0.1) is 0 Å². The first-order valence-corrected chi connectivity index (χ1v) is 4.27. The van der Waals surface area contributed by atoms with Crippen molar-refractivity contribution in [1.82, 2.24) is 4.98 Å². The number of rotatable bonds is 3. The Bertz CT molecular complexity index is 237. The van der Waals surface area contributed by atoms with E-state index in [0.29, 0.717) is 12.5 Å². The van der Waals surface area contributed by atoms with Crippen LogP contribution in [0.1, 0.15) is 0 Å². The molecule has 0 aliphatic carbocycles. The van der Waals surface area contributed by atoms with E-state index in [9.17, 15) is 0 Å². The minimum atomic E-state index is 0.421. The summed E-state index contributed by atoms with van der Waals surface area (Å²) in [6.45, 7) is 0.421. The fraction of sp³-hybridized carbons (Fsp3) is 0.143. The topological polar surface area (TPSA) is 22.1 Å². The lowest BCUT2D eigenvalue weighted by Crippen LogP contribution is -1.97. The summed E-state index contributed by atoms with van der Waals surface area (Å²) < 4.78 is 6.06. The van der Waals surface area contributed by atoms with Crippen LogP contribution in [0.25, 0.3) is 0 Å². The average molecular weight is 232 g/mol. The Morgan fingerprint density at radius 2 is 2.45 bits per heavy atom. The Hall–Kier alpha value is -0.480. The van der Waals surface area contributed by atoms with Crippen molar-refractivity contribution in [1.29, 1.82) is 0 Å². The molecule has 0 aromatic carbocycles. The Labute approximate surface area is 78.7 Å². The minimum absolute atomic E-state index is 0.421. The Morgan fingerprint density at radius 3 is 3.00 bits per heavy atom. The first-order valence-electron chi connectivity index (χ1n) is 3.01. The first-order chi connectivity index (χ1) is 5.33. The van der Waals surface area contributed by atoms with Crippen molar-refractivity contribution in [2.45, 2.75) is 0 Å². The smallest absolute Gasteiger partial charge is 0.213 e. The van der Waals surface area contributed by atoms with Crippen LogP contribution in [-0.2, 0) is 0 Å². The van der Waals surface area contributed by atoms with Crippen molar-refractivity contribution >= 4 is 33.5 Å². The maximum atomic E-state index is 5.12. The van der Waals surface area contributed by atoms with E-state index in [1.54, 1.807) is 12.3 Å². The van der Waals surface area contributed by atoms with Crippen molar-refractivity contribution < 1.29 is 4.74 Å². The highest BCUT2D eigenvalue weighted by molar-refractivity contribution is 9.10. The van der Waals surface area contributed by atoms with Crippen molar-refractivity contribution in [3.05, 3.63) is 22.8 Å². The van der Waals surface area contributed by atoms with E-state index in [1.165, 1.54) is 5.37 Å². The van der Waals surface area contributed by atoms with E-state index < -0.39 is 0 Å². The average Bonchev–Trinajstić information content (AvgIpc) is 2.04. The summed E-state index contributed by atoms with van der Waals surface area (Å²) in [6, 6.07) is 3.65. The third-order valence-electron chi connectivity index (χ3n) is 1.000. The molecule has 0 fully saturated rings.